The Morgan fingerprint density at radius 2 is 1.69 bits per heavy atom. The number of methoxy groups -OCH3 is 3. The van der Waals surface area contributed by atoms with Crippen LogP contribution in [0.5, 0.6) is 17.2 Å². The van der Waals surface area contributed by atoms with Crippen LogP contribution in [0.1, 0.15) is 61.9 Å². The van der Waals surface area contributed by atoms with E-state index in [-0.39, 0.29) is 23.2 Å². The van der Waals surface area contributed by atoms with E-state index in [9.17, 15) is 14.4 Å². The number of anilines is 1. The van der Waals surface area contributed by atoms with Crippen LogP contribution in [0.2, 0.25) is 0 Å². The average Bonchev–Trinajstić information content (AvgIpc) is 3.29. The Morgan fingerprint density at radius 1 is 0.956 bits per heavy atom. The van der Waals surface area contributed by atoms with Gasteiger partial charge in [-0.1, -0.05) is 50.6 Å². The standard InChI is InChI=1S/C36H43N3O6/c1-7-21(2)33(36(42)39-17-16-23-10-8-9-11-25(23)20-39)38-29-15-13-26-27(19-30(29)41)28(37-22(3)40)14-12-24-18-31(43-4)34(44-5)35(45-6)32(24)26/h8-11,13,15,18-19,21,28,33H,7,12,14,16-17,20H2,1-6H3,(H,37,40)(H,38,41)/t21-,28+,33+/m0/s1. The molecule has 0 fully saturated rings. The predicted molar refractivity (Wildman–Crippen MR) is 175 cm³/mol. The lowest BCUT2D eigenvalue weighted by Gasteiger charge is -2.34. The lowest BCUT2D eigenvalue weighted by atomic mass is 9.95. The van der Waals surface area contributed by atoms with Crippen molar-refractivity contribution < 1.29 is 23.8 Å². The van der Waals surface area contributed by atoms with Crippen LogP contribution in [0.15, 0.2) is 53.3 Å². The summed E-state index contributed by atoms with van der Waals surface area (Å²) in [5.41, 5.74) is 5.62. The molecule has 1 aliphatic heterocycles. The fourth-order valence-corrected chi connectivity index (χ4v) is 6.56. The van der Waals surface area contributed by atoms with Gasteiger partial charge in [-0.2, -0.15) is 0 Å². The van der Waals surface area contributed by atoms with Gasteiger partial charge in [0.15, 0.2) is 11.5 Å². The van der Waals surface area contributed by atoms with Crippen molar-refractivity contribution in [3.05, 3.63) is 81.0 Å². The molecule has 3 aromatic carbocycles. The molecule has 0 bridgehead atoms. The summed E-state index contributed by atoms with van der Waals surface area (Å²) in [6, 6.07) is 14.3. The Hall–Kier alpha value is -4.53. The maximum atomic E-state index is 14.0. The molecule has 238 valence electrons. The summed E-state index contributed by atoms with van der Waals surface area (Å²) in [4.78, 5) is 42.2. The maximum absolute atomic E-state index is 14.0. The summed E-state index contributed by atoms with van der Waals surface area (Å²) in [6.07, 6.45) is 2.73. The SMILES string of the molecule is CC[C@H](C)[C@@H](Nc1ccc2c(cc1=O)[C@H](NC(C)=O)CCc1cc(OC)c(OC)c(OC)c1-2)C(=O)N1CCc2ccccc2C1. The highest BCUT2D eigenvalue weighted by molar-refractivity contribution is 5.86. The van der Waals surface area contributed by atoms with Gasteiger partial charge < -0.3 is 29.7 Å². The lowest BCUT2D eigenvalue weighted by Crippen LogP contribution is -2.48. The van der Waals surface area contributed by atoms with E-state index in [4.69, 9.17) is 14.2 Å². The lowest BCUT2D eigenvalue weighted by molar-refractivity contribution is -0.134. The normalized spacial score (nSPS) is 16.6. The number of ether oxygens (including phenoxy) is 3. The largest absolute Gasteiger partial charge is 0.493 e. The number of carbonyl (C=O) groups is 2. The first-order valence-corrected chi connectivity index (χ1v) is 15.6. The van der Waals surface area contributed by atoms with Crippen LogP contribution in [0.4, 0.5) is 5.69 Å². The minimum atomic E-state index is -0.590. The Labute approximate surface area is 264 Å². The molecule has 2 amide bonds. The zero-order valence-electron chi connectivity index (χ0n) is 27.0. The number of amides is 2. The van der Waals surface area contributed by atoms with Crippen LogP contribution < -0.4 is 30.3 Å². The highest BCUT2D eigenvalue weighted by atomic mass is 16.5. The van der Waals surface area contributed by atoms with Gasteiger partial charge in [-0.25, -0.2) is 0 Å². The molecule has 5 rings (SSSR count). The number of nitrogens with zero attached hydrogens (tertiary/aromatic N) is 1. The molecule has 45 heavy (non-hydrogen) atoms. The molecule has 9 nitrogen and oxygen atoms in total. The molecule has 3 aromatic rings. The average molecular weight is 614 g/mol. The van der Waals surface area contributed by atoms with Gasteiger partial charge in [0.2, 0.25) is 23.0 Å². The molecular formula is C36H43N3O6. The summed E-state index contributed by atoms with van der Waals surface area (Å²) >= 11 is 0. The predicted octanol–water partition coefficient (Wildman–Crippen LogP) is 5.27. The monoisotopic (exact) mass is 613 g/mol. The topological polar surface area (TPSA) is 106 Å². The third-order valence-electron chi connectivity index (χ3n) is 9.15. The van der Waals surface area contributed by atoms with Gasteiger partial charge in [0.1, 0.15) is 6.04 Å². The number of nitrogens with one attached hydrogen (secondary N) is 2. The zero-order valence-corrected chi connectivity index (χ0v) is 27.0. The van der Waals surface area contributed by atoms with Gasteiger partial charge in [0, 0.05) is 25.6 Å². The van der Waals surface area contributed by atoms with Gasteiger partial charge in [-0.15, -0.1) is 0 Å². The fraction of sp³-hybridized carbons (Fsp3) is 0.417. The second-order valence-corrected chi connectivity index (χ2v) is 11.9. The third kappa shape index (κ3) is 6.34. The maximum Gasteiger partial charge on any atom is 0.245 e. The minimum Gasteiger partial charge on any atom is -0.493 e. The van der Waals surface area contributed by atoms with Crippen LogP contribution in [0.3, 0.4) is 0 Å². The van der Waals surface area contributed by atoms with Crippen molar-refractivity contribution in [2.45, 2.75) is 65.1 Å². The highest BCUT2D eigenvalue weighted by Crippen LogP contribution is 2.50. The molecule has 0 unspecified atom stereocenters. The summed E-state index contributed by atoms with van der Waals surface area (Å²) in [5, 5.41) is 6.40. The van der Waals surface area contributed by atoms with Crippen molar-refractivity contribution in [1.82, 2.24) is 10.2 Å². The van der Waals surface area contributed by atoms with E-state index in [1.54, 1.807) is 33.5 Å². The van der Waals surface area contributed by atoms with Crippen molar-refractivity contribution in [1.29, 1.82) is 0 Å². The summed E-state index contributed by atoms with van der Waals surface area (Å²) in [5.74, 6) is 1.23. The van der Waals surface area contributed by atoms with Crippen LogP contribution in [0, 0.1) is 5.92 Å². The number of hydrogen-bond acceptors (Lipinski definition) is 7. The fourth-order valence-electron chi connectivity index (χ4n) is 6.56. The van der Waals surface area contributed by atoms with Crippen molar-refractivity contribution in [3.63, 3.8) is 0 Å². The van der Waals surface area contributed by atoms with Crippen LogP contribution >= 0.6 is 0 Å². The molecule has 1 heterocycles. The van der Waals surface area contributed by atoms with Crippen molar-refractivity contribution in [3.8, 4) is 28.4 Å². The molecular weight excluding hydrogens is 570 g/mol. The Kier molecular flexibility index (Phi) is 9.65. The quantitative estimate of drug-likeness (QED) is 0.339. The molecule has 1 aliphatic carbocycles. The van der Waals surface area contributed by atoms with Gasteiger partial charge in [-0.05, 0) is 71.2 Å². The Balaban J connectivity index is 1.60. The van der Waals surface area contributed by atoms with Crippen molar-refractivity contribution in [2.24, 2.45) is 5.92 Å². The van der Waals surface area contributed by atoms with E-state index < -0.39 is 12.1 Å². The van der Waals surface area contributed by atoms with Gasteiger partial charge >= 0.3 is 0 Å². The first-order valence-electron chi connectivity index (χ1n) is 15.6. The van der Waals surface area contributed by atoms with E-state index in [2.05, 4.69) is 22.8 Å². The molecule has 0 spiro atoms. The number of fused-ring (bicyclic) bond motifs is 4. The molecule has 0 saturated carbocycles. The summed E-state index contributed by atoms with van der Waals surface area (Å²) in [6.45, 7) is 6.73. The minimum absolute atomic E-state index is 0.0220. The van der Waals surface area contributed by atoms with Crippen LogP contribution in [-0.4, -0.2) is 50.6 Å². The third-order valence-corrected chi connectivity index (χ3v) is 9.15. The van der Waals surface area contributed by atoms with E-state index in [0.717, 1.165) is 35.1 Å². The number of rotatable bonds is 9. The smallest absolute Gasteiger partial charge is 0.245 e. The van der Waals surface area contributed by atoms with Gasteiger partial charge in [0.05, 0.1) is 33.1 Å². The zero-order chi connectivity index (χ0) is 32.2. The second-order valence-electron chi connectivity index (χ2n) is 11.9. The summed E-state index contributed by atoms with van der Waals surface area (Å²) in [7, 11) is 4.71. The number of carbonyl (C=O) groups excluding carboxylic acids is 2. The molecule has 3 atom stereocenters. The summed E-state index contributed by atoms with van der Waals surface area (Å²) < 4.78 is 17.2. The first kappa shape index (κ1) is 31.9. The molecule has 0 radical (unpaired) electrons. The van der Waals surface area contributed by atoms with E-state index in [1.165, 1.54) is 12.5 Å². The Bertz CT molecular complexity index is 1650. The van der Waals surface area contributed by atoms with Gasteiger partial charge in [0.25, 0.3) is 0 Å². The van der Waals surface area contributed by atoms with Crippen molar-refractivity contribution >= 4 is 17.5 Å². The Morgan fingerprint density at radius 3 is 2.36 bits per heavy atom. The van der Waals surface area contributed by atoms with Crippen LogP contribution in [0.25, 0.3) is 11.1 Å². The second kappa shape index (κ2) is 13.6. The van der Waals surface area contributed by atoms with Gasteiger partial charge in [-0.3, -0.25) is 14.4 Å². The molecule has 9 heteroatoms. The first-order chi connectivity index (χ1) is 21.7. The van der Waals surface area contributed by atoms with Crippen molar-refractivity contribution in [2.75, 3.05) is 33.2 Å². The molecule has 2 N–H and O–H groups in total. The van der Waals surface area contributed by atoms with E-state index in [0.29, 0.717) is 54.4 Å². The number of benzene rings is 2. The number of hydrogen-bond donors (Lipinski definition) is 2. The molecule has 2 aliphatic rings. The highest BCUT2D eigenvalue weighted by Gasteiger charge is 2.32. The van der Waals surface area contributed by atoms with Crippen LogP contribution in [-0.2, 0) is 29.0 Å². The van der Waals surface area contributed by atoms with E-state index >= 15 is 0 Å². The van der Waals surface area contributed by atoms with E-state index in [1.807, 2.05) is 43.0 Å². The molecule has 0 aromatic heterocycles. The number of aryl methyl sites for hydroxylation is 1. The molecule has 0 saturated heterocycles.